The number of rotatable bonds is 3. The number of hydrogen-bond acceptors (Lipinski definition) is 3. The monoisotopic (exact) mass is 280 g/mol. The van der Waals surface area contributed by atoms with Crippen LogP contribution in [-0.2, 0) is 10.0 Å². The maximum absolute atomic E-state index is 12.6. The number of likely N-dealkylation sites (N-methyl/N-ethyl adjacent to an activating group) is 1. The Labute approximate surface area is 115 Å². The van der Waals surface area contributed by atoms with E-state index in [1.807, 2.05) is 19.1 Å². The molecule has 2 unspecified atom stereocenters. The highest BCUT2D eigenvalue weighted by Crippen LogP contribution is 2.34. The highest BCUT2D eigenvalue weighted by atomic mass is 32.2. The number of piperazine rings is 1. The van der Waals surface area contributed by atoms with Gasteiger partial charge in [-0.25, -0.2) is 8.42 Å². The maximum atomic E-state index is 12.6. The van der Waals surface area contributed by atoms with E-state index in [-0.39, 0.29) is 6.04 Å². The normalized spacial score (nSPS) is 28.1. The number of fused-ring (bicyclic) bond motifs is 2. The van der Waals surface area contributed by atoms with E-state index >= 15 is 0 Å². The second-order valence-corrected chi connectivity index (χ2v) is 7.41. The third-order valence-corrected chi connectivity index (χ3v) is 6.27. The van der Waals surface area contributed by atoms with Crippen LogP contribution >= 0.6 is 0 Å². The van der Waals surface area contributed by atoms with E-state index in [2.05, 4.69) is 11.8 Å². The lowest BCUT2D eigenvalue weighted by Crippen LogP contribution is -2.48. The smallest absolute Gasteiger partial charge is 0.243 e. The van der Waals surface area contributed by atoms with Crippen LogP contribution in [0.25, 0.3) is 0 Å². The average Bonchev–Trinajstić information content (AvgIpc) is 2.98. The van der Waals surface area contributed by atoms with Crippen LogP contribution < -0.4 is 0 Å². The molecule has 2 aliphatic rings. The molecule has 3 rings (SSSR count). The minimum atomic E-state index is -3.31. The minimum Gasteiger partial charge on any atom is -0.298 e. The summed E-state index contributed by atoms with van der Waals surface area (Å²) < 4.78 is 27.0. The molecule has 0 aliphatic carbocycles. The molecule has 2 aliphatic heterocycles. The molecular weight excluding hydrogens is 260 g/mol. The Bertz CT molecular complexity index is 568. The predicted molar refractivity (Wildman–Crippen MR) is 74.5 cm³/mol. The summed E-state index contributed by atoms with van der Waals surface area (Å²) in [5.41, 5.74) is 1.08. The van der Waals surface area contributed by atoms with Crippen LogP contribution in [-0.4, -0.2) is 49.3 Å². The molecule has 104 valence electrons. The zero-order valence-electron chi connectivity index (χ0n) is 11.4. The van der Waals surface area contributed by atoms with Crippen LogP contribution in [0, 0.1) is 6.92 Å². The van der Waals surface area contributed by atoms with E-state index in [1.54, 1.807) is 16.4 Å². The van der Waals surface area contributed by atoms with E-state index in [0.717, 1.165) is 25.1 Å². The van der Waals surface area contributed by atoms with Gasteiger partial charge in [0.1, 0.15) is 0 Å². The minimum absolute atomic E-state index is 0.163. The number of sulfonamides is 1. The Kier molecular flexibility index (Phi) is 3.15. The zero-order valence-corrected chi connectivity index (χ0v) is 12.2. The quantitative estimate of drug-likeness (QED) is 0.841. The highest BCUT2D eigenvalue weighted by Gasteiger charge is 2.47. The van der Waals surface area contributed by atoms with Gasteiger partial charge in [0.2, 0.25) is 10.0 Å². The van der Waals surface area contributed by atoms with Gasteiger partial charge in [-0.3, -0.25) is 4.90 Å². The van der Waals surface area contributed by atoms with E-state index in [4.69, 9.17) is 0 Å². The first-order valence-electron chi connectivity index (χ1n) is 6.85. The van der Waals surface area contributed by atoms with E-state index in [1.165, 1.54) is 0 Å². The van der Waals surface area contributed by atoms with Crippen LogP contribution in [0.1, 0.15) is 18.9 Å². The van der Waals surface area contributed by atoms with Gasteiger partial charge < -0.3 is 0 Å². The molecule has 2 bridgehead atoms. The molecule has 1 aromatic rings. The van der Waals surface area contributed by atoms with Gasteiger partial charge in [0.25, 0.3) is 0 Å². The first kappa shape index (κ1) is 13.1. The molecule has 0 saturated carbocycles. The van der Waals surface area contributed by atoms with Crippen LogP contribution in [0.2, 0.25) is 0 Å². The third-order valence-electron chi connectivity index (χ3n) is 4.34. The molecule has 0 amide bonds. The standard InChI is InChI=1S/C14H20N2O2S/c1-3-15-9-13-8-12(15)10-16(13)19(17,18)14-6-4-11(2)5-7-14/h4-7,12-13H,3,8-10H2,1-2H3. The summed E-state index contributed by atoms with van der Waals surface area (Å²) in [7, 11) is -3.31. The molecule has 2 fully saturated rings. The molecule has 0 N–H and O–H groups in total. The van der Waals surface area contributed by atoms with Gasteiger partial charge in [-0.05, 0) is 32.0 Å². The van der Waals surface area contributed by atoms with Crippen molar-refractivity contribution < 1.29 is 8.42 Å². The van der Waals surface area contributed by atoms with Gasteiger partial charge in [-0.1, -0.05) is 24.6 Å². The van der Waals surface area contributed by atoms with E-state index in [9.17, 15) is 8.42 Å². The number of aryl methyl sites for hydroxylation is 1. The Morgan fingerprint density at radius 1 is 1.16 bits per heavy atom. The van der Waals surface area contributed by atoms with Crippen molar-refractivity contribution in [3.63, 3.8) is 0 Å². The number of benzene rings is 1. The SMILES string of the molecule is CCN1CC2CC1CN2S(=O)(=O)c1ccc(C)cc1. The lowest BCUT2D eigenvalue weighted by atomic mass is 10.2. The molecule has 2 atom stereocenters. The van der Waals surface area contributed by atoms with Gasteiger partial charge in [-0.2, -0.15) is 4.31 Å². The molecule has 0 radical (unpaired) electrons. The molecule has 5 heteroatoms. The third kappa shape index (κ3) is 2.10. The lowest BCUT2D eigenvalue weighted by molar-refractivity contribution is 0.190. The summed E-state index contributed by atoms with van der Waals surface area (Å²) in [4.78, 5) is 2.81. The van der Waals surface area contributed by atoms with Crippen molar-refractivity contribution in [3.8, 4) is 0 Å². The Morgan fingerprint density at radius 3 is 2.37 bits per heavy atom. The summed E-state index contributed by atoms with van der Waals surface area (Å²) in [6.45, 7) is 6.65. The van der Waals surface area contributed by atoms with Crippen molar-refractivity contribution in [2.45, 2.75) is 37.2 Å². The Balaban J connectivity index is 1.85. The first-order valence-corrected chi connectivity index (χ1v) is 8.29. The van der Waals surface area contributed by atoms with E-state index < -0.39 is 10.0 Å². The molecule has 19 heavy (non-hydrogen) atoms. The molecular formula is C14H20N2O2S. The highest BCUT2D eigenvalue weighted by molar-refractivity contribution is 7.89. The predicted octanol–water partition coefficient (Wildman–Crippen LogP) is 1.46. The molecule has 4 nitrogen and oxygen atoms in total. The molecule has 2 saturated heterocycles. The summed E-state index contributed by atoms with van der Waals surface area (Å²) in [5, 5.41) is 0. The molecule has 1 aromatic carbocycles. The van der Waals surface area contributed by atoms with Crippen LogP contribution in [0.4, 0.5) is 0 Å². The van der Waals surface area contributed by atoms with Crippen molar-refractivity contribution >= 4 is 10.0 Å². The Hall–Kier alpha value is -0.910. The Morgan fingerprint density at radius 2 is 1.84 bits per heavy atom. The van der Waals surface area contributed by atoms with Gasteiger partial charge in [-0.15, -0.1) is 0 Å². The second-order valence-electron chi connectivity index (χ2n) is 5.52. The lowest BCUT2D eigenvalue weighted by Gasteiger charge is -2.32. The summed E-state index contributed by atoms with van der Waals surface area (Å²) in [6, 6.07) is 7.73. The van der Waals surface area contributed by atoms with Gasteiger partial charge >= 0.3 is 0 Å². The number of likely N-dealkylation sites (tertiary alicyclic amines) is 1. The summed E-state index contributed by atoms with van der Waals surface area (Å²) >= 11 is 0. The fraction of sp³-hybridized carbons (Fsp3) is 0.571. The number of hydrogen-bond donors (Lipinski definition) is 0. The molecule has 2 heterocycles. The average molecular weight is 280 g/mol. The topological polar surface area (TPSA) is 40.6 Å². The van der Waals surface area contributed by atoms with Crippen molar-refractivity contribution in [1.82, 2.24) is 9.21 Å². The van der Waals surface area contributed by atoms with Crippen LogP contribution in [0.5, 0.6) is 0 Å². The maximum Gasteiger partial charge on any atom is 0.243 e. The molecule has 0 aromatic heterocycles. The van der Waals surface area contributed by atoms with Gasteiger partial charge in [0, 0.05) is 25.2 Å². The van der Waals surface area contributed by atoms with Crippen molar-refractivity contribution in [1.29, 1.82) is 0 Å². The first-order chi connectivity index (χ1) is 9.02. The van der Waals surface area contributed by atoms with Crippen molar-refractivity contribution in [2.75, 3.05) is 19.6 Å². The fourth-order valence-corrected chi connectivity index (χ4v) is 4.90. The van der Waals surface area contributed by atoms with Crippen molar-refractivity contribution in [2.24, 2.45) is 0 Å². The zero-order chi connectivity index (χ0) is 13.6. The second kappa shape index (κ2) is 4.58. The largest absolute Gasteiger partial charge is 0.298 e. The van der Waals surface area contributed by atoms with Gasteiger partial charge in [0.15, 0.2) is 0 Å². The van der Waals surface area contributed by atoms with Crippen LogP contribution in [0.3, 0.4) is 0 Å². The fourth-order valence-electron chi connectivity index (χ4n) is 3.24. The summed E-state index contributed by atoms with van der Waals surface area (Å²) in [6.07, 6.45) is 0.985. The number of nitrogens with zero attached hydrogens (tertiary/aromatic N) is 2. The van der Waals surface area contributed by atoms with E-state index in [0.29, 0.717) is 17.5 Å². The summed E-state index contributed by atoms with van der Waals surface area (Å²) in [5.74, 6) is 0. The van der Waals surface area contributed by atoms with Gasteiger partial charge in [0.05, 0.1) is 4.90 Å². The molecule has 0 spiro atoms. The van der Waals surface area contributed by atoms with Crippen LogP contribution in [0.15, 0.2) is 29.2 Å². The van der Waals surface area contributed by atoms with Crippen molar-refractivity contribution in [3.05, 3.63) is 29.8 Å².